The van der Waals surface area contributed by atoms with Gasteiger partial charge in [0.2, 0.25) is 10.0 Å². The van der Waals surface area contributed by atoms with Crippen LogP contribution in [-0.4, -0.2) is 57.0 Å². The standard InChI is InChI=1S/C10H17BrN2O3S2/c1-12(2)4-5-13(3)18(15,16)9-6-8(7-14)17-10(9)11/h6,14H,4-5,7H2,1-3H3. The molecule has 1 N–H and O–H groups in total. The number of rotatable bonds is 6. The highest BCUT2D eigenvalue weighted by molar-refractivity contribution is 9.11. The Balaban J connectivity index is 2.94. The Morgan fingerprint density at radius 2 is 1.94 bits per heavy atom. The second-order valence-corrected chi connectivity index (χ2v) is 8.61. The van der Waals surface area contributed by atoms with Crippen LogP contribution in [-0.2, 0) is 16.6 Å². The van der Waals surface area contributed by atoms with Crippen LogP contribution in [0, 0.1) is 0 Å². The Morgan fingerprint density at radius 1 is 1.33 bits per heavy atom. The summed E-state index contributed by atoms with van der Waals surface area (Å²) >= 11 is 4.47. The Bertz CT molecular complexity index is 499. The van der Waals surface area contributed by atoms with E-state index in [1.54, 1.807) is 7.05 Å². The molecule has 1 aromatic heterocycles. The van der Waals surface area contributed by atoms with E-state index in [4.69, 9.17) is 5.11 Å². The fourth-order valence-corrected chi connectivity index (χ4v) is 4.93. The fraction of sp³-hybridized carbons (Fsp3) is 0.600. The van der Waals surface area contributed by atoms with Crippen LogP contribution in [0.2, 0.25) is 0 Å². The summed E-state index contributed by atoms with van der Waals surface area (Å²) < 4.78 is 26.4. The van der Waals surface area contributed by atoms with Crippen LogP contribution in [0.4, 0.5) is 0 Å². The molecule has 0 aromatic carbocycles. The van der Waals surface area contributed by atoms with Crippen LogP contribution in [0.1, 0.15) is 4.88 Å². The molecule has 0 aliphatic rings. The molecule has 5 nitrogen and oxygen atoms in total. The summed E-state index contributed by atoms with van der Waals surface area (Å²) in [6.07, 6.45) is 0. The predicted molar refractivity (Wildman–Crippen MR) is 76.3 cm³/mol. The van der Waals surface area contributed by atoms with Gasteiger partial charge < -0.3 is 10.0 Å². The maximum atomic E-state index is 12.3. The number of halogens is 1. The maximum Gasteiger partial charge on any atom is 0.244 e. The molecule has 0 spiro atoms. The highest BCUT2D eigenvalue weighted by Gasteiger charge is 2.25. The van der Waals surface area contributed by atoms with Crippen molar-refractivity contribution in [1.82, 2.24) is 9.21 Å². The molecule has 8 heteroatoms. The molecule has 0 bridgehead atoms. The summed E-state index contributed by atoms with van der Waals surface area (Å²) in [7, 11) is 1.85. The molecule has 0 fully saturated rings. The Labute approximate surface area is 120 Å². The molecule has 1 heterocycles. The number of aliphatic hydroxyl groups excluding tert-OH is 1. The molecule has 1 rings (SSSR count). The molecule has 0 atom stereocenters. The van der Waals surface area contributed by atoms with Gasteiger partial charge in [-0.1, -0.05) is 0 Å². The number of sulfonamides is 1. The van der Waals surface area contributed by atoms with Crippen molar-refractivity contribution in [2.45, 2.75) is 11.5 Å². The molecule has 0 aliphatic carbocycles. The number of thiophene rings is 1. The molecule has 18 heavy (non-hydrogen) atoms. The first kappa shape index (κ1) is 16.1. The highest BCUT2D eigenvalue weighted by atomic mass is 79.9. The summed E-state index contributed by atoms with van der Waals surface area (Å²) in [6.45, 7) is 0.927. The number of nitrogens with zero attached hydrogens (tertiary/aromatic N) is 2. The molecule has 0 radical (unpaired) electrons. The lowest BCUT2D eigenvalue weighted by atomic mass is 10.5. The monoisotopic (exact) mass is 356 g/mol. The molecular formula is C10H17BrN2O3S2. The molecule has 0 amide bonds. The van der Waals surface area contributed by atoms with Gasteiger partial charge in [0, 0.05) is 25.0 Å². The number of aliphatic hydroxyl groups is 1. The van der Waals surface area contributed by atoms with Crippen molar-refractivity contribution >= 4 is 37.3 Å². The number of hydrogen-bond acceptors (Lipinski definition) is 5. The summed E-state index contributed by atoms with van der Waals surface area (Å²) in [6, 6.07) is 1.51. The second-order valence-electron chi connectivity index (χ2n) is 4.14. The molecule has 0 saturated carbocycles. The van der Waals surface area contributed by atoms with Crippen LogP contribution in [0.25, 0.3) is 0 Å². The van der Waals surface area contributed by atoms with Crippen LogP contribution in [0.3, 0.4) is 0 Å². The van der Waals surface area contributed by atoms with Crippen molar-refractivity contribution in [3.63, 3.8) is 0 Å². The number of hydrogen-bond donors (Lipinski definition) is 1. The van der Waals surface area contributed by atoms with E-state index in [1.807, 2.05) is 19.0 Å². The van der Waals surface area contributed by atoms with E-state index in [1.165, 1.54) is 21.7 Å². The Morgan fingerprint density at radius 3 is 2.39 bits per heavy atom. The lowest BCUT2D eigenvalue weighted by Crippen LogP contribution is -2.33. The van der Waals surface area contributed by atoms with Crippen LogP contribution in [0.5, 0.6) is 0 Å². The van der Waals surface area contributed by atoms with Crippen LogP contribution < -0.4 is 0 Å². The summed E-state index contributed by atoms with van der Waals surface area (Å²) in [5.74, 6) is 0. The largest absolute Gasteiger partial charge is 0.391 e. The highest BCUT2D eigenvalue weighted by Crippen LogP contribution is 2.33. The number of likely N-dealkylation sites (N-methyl/N-ethyl adjacent to an activating group) is 2. The normalized spacial score (nSPS) is 12.6. The van der Waals surface area contributed by atoms with Gasteiger partial charge in [0.1, 0.15) is 4.90 Å². The van der Waals surface area contributed by atoms with Gasteiger partial charge in [-0.25, -0.2) is 8.42 Å². The van der Waals surface area contributed by atoms with E-state index < -0.39 is 10.0 Å². The molecule has 0 aliphatic heterocycles. The summed E-state index contributed by atoms with van der Waals surface area (Å²) in [5, 5.41) is 9.03. The van der Waals surface area contributed by atoms with E-state index >= 15 is 0 Å². The van der Waals surface area contributed by atoms with Crippen LogP contribution >= 0.6 is 27.3 Å². The van der Waals surface area contributed by atoms with Crippen molar-refractivity contribution in [1.29, 1.82) is 0 Å². The van der Waals surface area contributed by atoms with Gasteiger partial charge in [-0.05, 0) is 36.1 Å². The van der Waals surface area contributed by atoms with E-state index in [-0.39, 0.29) is 11.5 Å². The van der Waals surface area contributed by atoms with Crippen LogP contribution in [0.15, 0.2) is 14.7 Å². The van der Waals surface area contributed by atoms with E-state index in [0.29, 0.717) is 21.8 Å². The maximum absolute atomic E-state index is 12.3. The first-order valence-electron chi connectivity index (χ1n) is 5.29. The SMILES string of the molecule is CN(C)CCN(C)S(=O)(=O)c1cc(CO)sc1Br. The zero-order valence-corrected chi connectivity index (χ0v) is 13.8. The van der Waals surface area contributed by atoms with Gasteiger partial charge in [0.25, 0.3) is 0 Å². The third-order valence-electron chi connectivity index (χ3n) is 2.41. The zero-order chi connectivity index (χ0) is 13.9. The minimum atomic E-state index is -3.50. The minimum absolute atomic E-state index is 0.153. The zero-order valence-electron chi connectivity index (χ0n) is 10.6. The second kappa shape index (κ2) is 6.44. The first-order chi connectivity index (χ1) is 8.28. The van der Waals surface area contributed by atoms with Gasteiger partial charge in [-0.3, -0.25) is 0 Å². The van der Waals surface area contributed by atoms with Gasteiger partial charge in [0.15, 0.2) is 0 Å². The van der Waals surface area contributed by atoms with Gasteiger partial charge in [-0.15, -0.1) is 11.3 Å². The van der Waals surface area contributed by atoms with Gasteiger partial charge in [0.05, 0.1) is 10.4 Å². The molecule has 0 saturated heterocycles. The first-order valence-corrected chi connectivity index (χ1v) is 8.34. The summed E-state index contributed by atoms with van der Waals surface area (Å²) in [4.78, 5) is 2.77. The Kier molecular flexibility index (Phi) is 5.75. The lowest BCUT2D eigenvalue weighted by Gasteiger charge is -2.19. The lowest BCUT2D eigenvalue weighted by molar-refractivity contribution is 0.285. The van der Waals surface area contributed by atoms with Gasteiger partial charge in [-0.2, -0.15) is 4.31 Å². The van der Waals surface area contributed by atoms with Crippen molar-refractivity contribution in [3.8, 4) is 0 Å². The predicted octanol–water partition coefficient (Wildman–Crippen LogP) is 1.18. The van der Waals surface area contributed by atoms with Crippen molar-refractivity contribution < 1.29 is 13.5 Å². The average Bonchev–Trinajstić information content (AvgIpc) is 2.67. The van der Waals surface area contributed by atoms with E-state index in [9.17, 15) is 8.42 Å². The van der Waals surface area contributed by atoms with E-state index in [0.717, 1.165) is 0 Å². The third kappa shape index (κ3) is 3.75. The van der Waals surface area contributed by atoms with Crippen molar-refractivity contribution in [2.24, 2.45) is 0 Å². The smallest absolute Gasteiger partial charge is 0.244 e. The molecule has 1 aromatic rings. The Hall–Kier alpha value is 0.01000. The van der Waals surface area contributed by atoms with Crippen molar-refractivity contribution in [2.75, 3.05) is 34.2 Å². The average molecular weight is 357 g/mol. The van der Waals surface area contributed by atoms with Crippen molar-refractivity contribution in [3.05, 3.63) is 14.7 Å². The third-order valence-corrected chi connectivity index (χ3v) is 6.51. The summed E-state index contributed by atoms with van der Waals surface area (Å²) in [5.41, 5.74) is 0. The molecule has 0 unspecified atom stereocenters. The van der Waals surface area contributed by atoms with Gasteiger partial charge >= 0.3 is 0 Å². The van der Waals surface area contributed by atoms with E-state index in [2.05, 4.69) is 15.9 Å². The quantitative estimate of drug-likeness (QED) is 0.831. The fourth-order valence-electron chi connectivity index (χ4n) is 1.28. The minimum Gasteiger partial charge on any atom is -0.391 e. The topological polar surface area (TPSA) is 60.9 Å². The molecule has 104 valence electrons. The molecular weight excluding hydrogens is 340 g/mol.